The number of aromatic hydroxyl groups is 1. The Morgan fingerprint density at radius 3 is 2.05 bits per heavy atom. The summed E-state index contributed by atoms with van der Waals surface area (Å²) in [5.41, 5.74) is 5.21. The highest BCUT2D eigenvalue weighted by atomic mass is 16.5. The molecule has 426 valence electrons. The van der Waals surface area contributed by atoms with Crippen LogP contribution >= 0.6 is 0 Å². The minimum atomic E-state index is -2.38. The van der Waals surface area contributed by atoms with E-state index >= 15 is 0 Å². The summed E-state index contributed by atoms with van der Waals surface area (Å²) in [5, 5.41) is 112. The van der Waals surface area contributed by atoms with Gasteiger partial charge in [0.1, 0.15) is 66.1 Å². The molecule has 78 heavy (non-hydrogen) atoms. The van der Waals surface area contributed by atoms with E-state index in [9.17, 15) is 84.3 Å². The maximum Gasteiger partial charge on any atom is 0.251 e. The number of nitrogens with two attached hydrogens (primary N) is 1. The largest absolute Gasteiger partial charge is 0.508 e. The molecule has 0 unspecified atom stereocenters. The molecular formula is C52H70N8O18. The first kappa shape index (κ1) is 60.2. The van der Waals surface area contributed by atoms with Crippen molar-refractivity contribution in [3.8, 4) is 11.5 Å². The third kappa shape index (κ3) is 14.9. The first-order valence-electron chi connectivity index (χ1n) is 25.8. The number of fused-ring (bicyclic) bond motifs is 3. The molecule has 8 amide bonds. The number of hydrogen-bond donors (Lipinski definition) is 15. The Bertz CT molecular complexity index is 2640. The smallest absolute Gasteiger partial charge is 0.251 e. The van der Waals surface area contributed by atoms with Gasteiger partial charge in [-0.25, -0.2) is 0 Å². The van der Waals surface area contributed by atoms with Gasteiger partial charge in [0.15, 0.2) is 6.23 Å². The molecule has 3 aromatic rings. The lowest BCUT2D eigenvalue weighted by Gasteiger charge is -2.34. The minimum Gasteiger partial charge on any atom is -0.508 e. The summed E-state index contributed by atoms with van der Waals surface area (Å²) in [5.74, 6) is -9.76. The predicted octanol–water partition coefficient (Wildman–Crippen LogP) is -3.72. The van der Waals surface area contributed by atoms with Gasteiger partial charge in [0.05, 0.1) is 37.4 Å². The lowest BCUT2D eigenvalue weighted by Crippen LogP contribution is -2.64. The molecule has 14 atom stereocenters. The Hall–Kier alpha value is -7.04. The quantitative estimate of drug-likeness (QED) is 0.0614. The minimum absolute atomic E-state index is 0.000127. The number of ether oxygens (including phenoxy) is 1. The van der Waals surface area contributed by atoms with Crippen LogP contribution in [-0.2, 0) is 33.6 Å². The van der Waals surface area contributed by atoms with Gasteiger partial charge in [0, 0.05) is 31.5 Å². The molecule has 3 saturated heterocycles. The van der Waals surface area contributed by atoms with Gasteiger partial charge in [0.25, 0.3) is 5.91 Å². The number of benzene rings is 3. The van der Waals surface area contributed by atoms with Crippen molar-refractivity contribution in [2.24, 2.45) is 5.73 Å². The van der Waals surface area contributed by atoms with E-state index in [0.717, 1.165) is 68.2 Å². The number of phenols is 1. The number of amides is 8. The second-order valence-corrected chi connectivity index (χ2v) is 20.0. The predicted molar refractivity (Wildman–Crippen MR) is 273 cm³/mol. The molecule has 26 heteroatoms. The molecule has 16 N–H and O–H groups in total. The third-order valence-corrected chi connectivity index (χ3v) is 14.0. The van der Waals surface area contributed by atoms with Gasteiger partial charge < -0.3 is 92.8 Å². The van der Waals surface area contributed by atoms with Crippen molar-refractivity contribution < 1.29 is 89.1 Å². The number of nitrogens with one attached hydrogen (secondary N) is 5. The molecule has 0 bridgehead atoms. The van der Waals surface area contributed by atoms with Crippen LogP contribution in [0, 0.1) is 0 Å². The summed E-state index contributed by atoms with van der Waals surface area (Å²) in [4.78, 5) is 114. The molecule has 0 aliphatic carbocycles. The van der Waals surface area contributed by atoms with Gasteiger partial charge in [-0.3, -0.25) is 38.4 Å². The van der Waals surface area contributed by atoms with Crippen LogP contribution in [-0.4, -0.2) is 202 Å². The summed E-state index contributed by atoms with van der Waals surface area (Å²) in [6.07, 6.45) is -13.7. The molecule has 3 aromatic carbocycles. The van der Waals surface area contributed by atoms with E-state index in [1.807, 2.05) is 5.32 Å². The van der Waals surface area contributed by atoms with Crippen molar-refractivity contribution in [2.75, 3.05) is 19.7 Å². The highest BCUT2D eigenvalue weighted by molar-refractivity contribution is 6.02. The van der Waals surface area contributed by atoms with Gasteiger partial charge in [-0.15, -0.1) is 0 Å². The molecular weight excluding hydrogens is 1020 g/mol. The van der Waals surface area contributed by atoms with Crippen molar-refractivity contribution in [3.63, 3.8) is 0 Å². The van der Waals surface area contributed by atoms with E-state index in [2.05, 4.69) is 28.2 Å². The molecule has 0 spiro atoms. The lowest BCUT2D eigenvalue weighted by molar-refractivity contribution is -0.149. The average Bonchev–Trinajstić information content (AvgIpc) is 4.02. The van der Waals surface area contributed by atoms with Crippen LogP contribution in [0.3, 0.4) is 0 Å². The Balaban J connectivity index is 1.36. The zero-order valence-corrected chi connectivity index (χ0v) is 43.0. The van der Waals surface area contributed by atoms with Crippen molar-refractivity contribution in [1.82, 2.24) is 36.4 Å². The van der Waals surface area contributed by atoms with Crippen LogP contribution in [0.2, 0.25) is 0 Å². The number of unbranched alkanes of at least 4 members (excludes halogenated alkanes) is 4. The highest BCUT2D eigenvalue weighted by Gasteiger charge is 2.49. The summed E-state index contributed by atoms with van der Waals surface area (Å²) in [7, 11) is 0. The topological polar surface area (TPSA) is 421 Å². The van der Waals surface area contributed by atoms with E-state index < -0.39 is 165 Å². The first-order valence-corrected chi connectivity index (χ1v) is 25.8. The van der Waals surface area contributed by atoms with E-state index in [1.165, 1.54) is 12.1 Å². The maximum absolute atomic E-state index is 14.5. The Kier molecular flexibility index (Phi) is 20.9. The van der Waals surface area contributed by atoms with Crippen molar-refractivity contribution in [1.29, 1.82) is 0 Å². The highest BCUT2D eigenvalue weighted by Crippen LogP contribution is 2.27. The van der Waals surface area contributed by atoms with E-state index in [0.29, 0.717) is 28.0 Å². The first-order chi connectivity index (χ1) is 37.0. The number of rotatable bonds is 16. The number of aliphatic hydroxyl groups excluding tert-OH is 8. The lowest BCUT2D eigenvalue weighted by atomic mass is 9.96. The van der Waals surface area contributed by atoms with Gasteiger partial charge in [0.2, 0.25) is 41.4 Å². The van der Waals surface area contributed by atoms with Crippen molar-refractivity contribution in [2.45, 2.75) is 157 Å². The molecule has 6 rings (SSSR count). The number of nitrogens with zero attached hydrogens (tertiary/aromatic N) is 2. The Morgan fingerprint density at radius 1 is 0.731 bits per heavy atom. The molecule has 0 aromatic heterocycles. The van der Waals surface area contributed by atoms with Gasteiger partial charge >= 0.3 is 0 Å². The molecule has 3 fully saturated rings. The number of primary amides is 1. The SMILES string of the molecule is CCCCCCCOc1ccc2cc(C(=O)N[C@H]3C[C@@H](O)[C@@H](O)NC(=O)[C@@H]4[C@@H](O)CCN4C(=O)[C@H]([C@H](O)CC(N)=O)NC(=O)[C@H]([C@H](O)[C@@H](O)c4ccc(O)cc4)NC(=O)[C@@H]4C[C@@H](O)CN4C(=O)[C@H]([C@@H](C)O)NC3=O)ccc2c1. The van der Waals surface area contributed by atoms with Gasteiger partial charge in [-0.05, 0) is 72.5 Å². The number of phenolic OH excluding ortho intramolecular Hbond substituents is 1. The van der Waals surface area contributed by atoms with Crippen molar-refractivity contribution >= 4 is 58.0 Å². The van der Waals surface area contributed by atoms with Crippen LogP contribution in [0.4, 0.5) is 0 Å². The van der Waals surface area contributed by atoms with Gasteiger partial charge in [-0.2, -0.15) is 0 Å². The van der Waals surface area contributed by atoms with Crippen LogP contribution in [0.25, 0.3) is 10.8 Å². The van der Waals surface area contributed by atoms with Crippen molar-refractivity contribution in [3.05, 3.63) is 71.8 Å². The van der Waals surface area contributed by atoms with E-state index in [-0.39, 0.29) is 23.3 Å². The second kappa shape index (κ2) is 27.0. The molecule has 0 saturated carbocycles. The zero-order valence-electron chi connectivity index (χ0n) is 43.0. The molecule has 0 radical (unpaired) electrons. The summed E-state index contributed by atoms with van der Waals surface area (Å²) < 4.78 is 5.92. The number of hydrogen-bond acceptors (Lipinski definition) is 18. The number of aliphatic hydroxyl groups is 8. The van der Waals surface area contributed by atoms with Crippen LogP contribution < -0.4 is 37.1 Å². The molecule has 3 heterocycles. The maximum atomic E-state index is 14.5. The molecule has 26 nitrogen and oxygen atoms in total. The summed E-state index contributed by atoms with van der Waals surface area (Å²) in [6.45, 7) is 2.63. The third-order valence-electron chi connectivity index (χ3n) is 14.0. The van der Waals surface area contributed by atoms with Crippen LogP contribution in [0.1, 0.15) is 93.7 Å². The normalized spacial score (nSPS) is 27.5. The number of carbonyl (C=O) groups excluding carboxylic acids is 8. The van der Waals surface area contributed by atoms with E-state index in [4.69, 9.17) is 10.5 Å². The second-order valence-electron chi connectivity index (χ2n) is 20.0. The fraction of sp³-hybridized carbons (Fsp3) is 0.538. The summed E-state index contributed by atoms with van der Waals surface area (Å²) >= 11 is 0. The van der Waals surface area contributed by atoms with Crippen LogP contribution in [0.5, 0.6) is 11.5 Å². The summed E-state index contributed by atoms with van der Waals surface area (Å²) in [6, 6.07) is 2.08. The standard InChI is InChI=1S/C52H70N8O18/c1-3-4-5-6-7-18-78-32-15-12-27-19-29(9-8-28(27)20-32)45(70)54-33-22-37(66)48(73)58-50(75)42-35(64)16-17-59(42)52(77)40(36(65)23-38(53)67)56-49(74)41(44(69)43(68)26-10-13-30(62)14-11-26)57-47(72)34-21-31(63)24-60(34)51(76)39(25(2)61)55-46(33)71/h8-15,19-20,25,31,33-37,39-44,48,61-66,68-69,73H,3-7,16-18,21-24H2,1-2H3,(H2,53,67)(H,54,70)(H,55,71)(H,56,74)(H,57,72)(H,58,75)/t25-,31-,33+,34+,35+,36-,37-,39+,40+,41+,42+,43+,44+,48-/m1/s1. The fourth-order valence-corrected chi connectivity index (χ4v) is 9.66. The Morgan fingerprint density at radius 2 is 1.37 bits per heavy atom. The molecule has 3 aliphatic heterocycles. The Labute approximate surface area is 447 Å². The zero-order chi connectivity index (χ0) is 57.1. The van der Waals surface area contributed by atoms with E-state index in [1.54, 1.807) is 24.3 Å². The average molecular weight is 1100 g/mol. The monoisotopic (exact) mass is 1090 g/mol. The molecule has 3 aliphatic rings. The number of carbonyl (C=O) groups is 8. The fourth-order valence-electron chi connectivity index (χ4n) is 9.66. The van der Waals surface area contributed by atoms with Crippen LogP contribution in [0.15, 0.2) is 60.7 Å². The van der Waals surface area contributed by atoms with Gasteiger partial charge in [-0.1, -0.05) is 56.9 Å².